The summed E-state index contributed by atoms with van der Waals surface area (Å²) >= 11 is 0. The molecule has 86 valence electrons. The highest BCUT2D eigenvalue weighted by molar-refractivity contribution is 5.91. The molecule has 0 aromatic carbocycles. The van der Waals surface area contributed by atoms with Crippen LogP contribution in [0, 0.1) is 0 Å². The minimum absolute atomic E-state index is 0.0172. The molecule has 1 amide bonds. The van der Waals surface area contributed by atoms with Crippen molar-refractivity contribution in [3.8, 4) is 0 Å². The van der Waals surface area contributed by atoms with E-state index in [1.54, 1.807) is 0 Å². The zero-order valence-electron chi connectivity index (χ0n) is 9.36. The third kappa shape index (κ3) is 4.01. The average Bonchev–Trinajstić information content (AvgIpc) is 2.25. The Labute approximate surface area is 89.7 Å². The molecule has 0 aliphatic rings. The maximum absolute atomic E-state index is 11.4. The van der Waals surface area contributed by atoms with Crippen LogP contribution in [-0.4, -0.2) is 30.1 Å². The molecule has 0 bridgehead atoms. The summed E-state index contributed by atoms with van der Waals surface area (Å²) in [6, 6.07) is 0. The Balaban J connectivity index is 4.55. The van der Waals surface area contributed by atoms with Gasteiger partial charge in [-0.1, -0.05) is 13.5 Å². The van der Waals surface area contributed by atoms with E-state index in [2.05, 4.69) is 11.4 Å². The first kappa shape index (κ1) is 13.5. The Bertz CT molecular complexity index is 275. The molecule has 15 heavy (non-hydrogen) atoms. The number of rotatable bonds is 5. The summed E-state index contributed by atoms with van der Waals surface area (Å²) in [4.78, 5) is 16.1. The summed E-state index contributed by atoms with van der Waals surface area (Å²) in [6.45, 7) is 5.59. The van der Waals surface area contributed by atoms with Gasteiger partial charge in [0, 0.05) is 18.9 Å². The van der Waals surface area contributed by atoms with Crippen LogP contribution in [0.1, 0.15) is 13.3 Å². The van der Waals surface area contributed by atoms with Crippen LogP contribution in [0.3, 0.4) is 0 Å². The molecule has 0 saturated heterocycles. The molecule has 6 heteroatoms. The monoisotopic (exact) mass is 214 g/mol. The van der Waals surface area contributed by atoms with Crippen molar-refractivity contribution in [3.05, 3.63) is 24.2 Å². The average molecular weight is 214 g/mol. The summed E-state index contributed by atoms with van der Waals surface area (Å²) in [5, 5.41) is 2.23. The van der Waals surface area contributed by atoms with Gasteiger partial charge in [0.1, 0.15) is 5.70 Å². The lowest BCUT2D eigenvalue weighted by Crippen LogP contribution is -2.33. The second-order valence-electron chi connectivity index (χ2n) is 2.90. The SMILES string of the molecule is C=C(CC)N(N)/C=C(\N)C(=O)N(C)OC. The van der Waals surface area contributed by atoms with Gasteiger partial charge in [0.2, 0.25) is 0 Å². The Hall–Kier alpha value is -1.53. The van der Waals surface area contributed by atoms with Gasteiger partial charge in [0.15, 0.2) is 0 Å². The van der Waals surface area contributed by atoms with Gasteiger partial charge >= 0.3 is 0 Å². The van der Waals surface area contributed by atoms with E-state index in [0.29, 0.717) is 12.1 Å². The topological polar surface area (TPSA) is 84.8 Å². The van der Waals surface area contributed by atoms with Crippen molar-refractivity contribution < 1.29 is 9.63 Å². The number of carbonyl (C=O) groups excluding carboxylic acids is 1. The number of likely N-dealkylation sites (N-methyl/N-ethyl adjacent to an activating group) is 1. The van der Waals surface area contributed by atoms with Gasteiger partial charge in [-0.3, -0.25) is 14.6 Å². The molecule has 0 aliphatic heterocycles. The first-order valence-corrected chi connectivity index (χ1v) is 4.45. The van der Waals surface area contributed by atoms with Gasteiger partial charge < -0.3 is 5.73 Å². The summed E-state index contributed by atoms with van der Waals surface area (Å²) in [6.07, 6.45) is 1.98. The molecule has 6 nitrogen and oxygen atoms in total. The zero-order chi connectivity index (χ0) is 12.0. The molecule has 0 heterocycles. The van der Waals surface area contributed by atoms with Gasteiger partial charge in [-0.2, -0.15) is 0 Å². The van der Waals surface area contributed by atoms with Gasteiger partial charge in [-0.25, -0.2) is 10.9 Å². The number of hydrogen-bond acceptors (Lipinski definition) is 5. The third-order valence-electron chi connectivity index (χ3n) is 1.86. The fourth-order valence-electron chi connectivity index (χ4n) is 0.744. The quantitative estimate of drug-likeness (QED) is 0.379. The van der Waals surface area contributed by atoms with Crippen LogP contribution >= 0.6 is 0 Å². The first-order chi connectivity index (χ1) is 6.93. The Morgan fingerprint density at radius 1 is 1.60 bits per heavy atom. The van der Waals surface area contributed by atoms with Gasteiger partial charge in [-0.15, -0.1) is 0 Å². The van der Waals surface area contributed by atoms with E-state index < -0.39 is 5.91 Å². The number of hydrazine groups is 1. The van der Waals surface area contributed by atoms with E-state index in [-0.39, 0.29) is 5.70 Å². The first-order valence-electron chi connectivity index (χ1n) is 4.45. The molecule has 0 aromatic heterocycles. The zero-order valence-corrected chi connectivity index (χ0v) is 9.36. The van der Waals surface area contributed by atoms with Gasteiger partial charge in [-0.05, 0) is 6.42 Å². The molecule has 0 aliphatic carbocycles. The lowest BCUT2D eigenvalue weighted by atomic mass is 10.3. The highest BCUT2D eigenvalue weighted by Gasteiger charge is 2.12. The predicted octanol–water partition coefficient (Wildman–Crippen LogP) is -0.0943. The lowest BCUT2D eigenvalue weighted by molar-refractivity contribution is -0.164. The van der Waals surface area contributed by atoms with Crippen molar-refractivity contribution in [1.82, 2.24) is 10.1 Å². The van der Waals surface area contributed by atoms with Gasteiger partial charge in [0.05, 0.1) is 7.11 Å². The van der Waals surface area contributed by atoms with E-state index in [0.717, 1.165) is 5.06 Å². The molecule has 0 atom stereocenters. The molecular weight excluding hydrogens is 196 g/mol. The second-order valence-corrected chi connectivity index (χ2v) is 2.90. The summed E-state index contributed by atoms with van der Waals surface area (Å²) in [5.74, 6) is 5.11. The summed E-state index contributed by atoms with van der Waals surface area (Å²) in [7, 11) is 2.83. The number of nitrogens with zero attached hydrogens (tertiary/aromatic N) is 2. The second kappa shape index (κ2) is 6.05. The molecule has 0 aromatic rings. The van der Waals surface area contributed by atoms with Crippen molar-refractivity contribution in [2.75, 3.05) is 14.2 Å². The van der Waals surface area contributed by atoms with Crippen molar-refractivity contribution in [3.63, 3.8) is 0 Å². The minimum atomic E-state index is -0.461. The fourth-order valence-corrected chi connectivity index (χ4v) is 0.744. The third-order valence-corrected chi connectivity index (χ3v) is 1.86. The number of carbonyl (C=O) groups is 1. The smallest absolute Gasteiger partial charge is 0.294 e. The van der Waals surface area contributed by atoms with Crippen LogP contribution in [0.15, 0.2) is 24.2 Å². The van der Waals surface area contributed by atoms with E-state index in [1.165, 1.54) is 25.4 Å². The number of amides is 1. The van der Waals surface area contributed by atoms with Crippen molar-refractivity contribution in [2.24, 2.45) is 11.6 Å². The van der Waals surface area contributed by atoms with Crippen LogP contribution in [0.5, 0.6) is 0 Å². The maximum Gasteiger partial charge on any atom is 0.294 e. The molecule has 0 fully saturated rings. The highest BCUT2D eigenvalue weighted by atomic mass is 16.7. The number of hydroxylamine groups is 2. The van der Waals surface area contributed by atoms with Crippen molar-refractivity contribution >= 4 is 5.91 Å². The number of allylic oxidation sites excluding steroid dienone is 1. The molecule has 0 radical (unpaired) electrons. The standard InChI is InChI=1S/C9H18N4O2/c1-5-7(2)13(11)6-8(10)9(14)12(3)15-4/h6H,2,5,10-11H2,1,3-4H3/b8-6-. The van der Waals surface area contributed by atoms with E-state index in [9.17, 15) is 4.79 Å². The molecule has 0 rings (SSSR count). The lowest BCUT2D eigenvalue weighted by Gasteiger charge is -2.18. The van der Waals surface area contributed by atoms with Crippen LogP contribution in [0.25, 0.3) is 0 Å². The van der Waals surface area contributed by atoms with E-state index in [4.69, 9.17) is 11.6 Å². The molecule has 4 N–H and O–H groups in total. The van der Waals surface area contributed by atoms with Gasteiger partial charge in [0.25, 0.3) is 5.91 Å². The van der Waals surface area contributed by atoms with Crippen LogP contribution in [0.4, 0.5) is 0 Å². The van der Waals surface area contributed by atoms with E-state index in [1.807, 2.05) is 6.92 Å². The Morgan fingerprint density at radius 3 is 2.53 bits per heavy atom. The molecular formula is C9H18N4O2. The molecule has 0 spiro atoms. The van der Waals surface area contributed by atoms with Crippen molar-refractivity contribution in [1.29, 1.82) is 0 Å². The minimum Gasteiger partial charge on any atom is -0.393 e. The number of hydrogen-bond donors (Lipinski definition) is 2. The maximum atomic E-state index is 11.4. The van der Waals surface area contributed by atoms with E-state index >= 15 is 0 Å². The Morgan fingerprint density at radius 2 is 2.13 bits per heavy atom. The fraction of sp³-hybridized carbons (Fsp3) is 0.444. The van der Waals surface area contributed by atoms with Crippen LogP contribution in [0.2, 0.25) is 0 Å². The van der Waals surface area contributed by atoms with Crippen molar-refractivity contribution in [2.45, 2.75) is 13.3 Å². The van der Waals surface area contributed by atoms with Crippen LogP contribution < -0.4 is 11.6 Å². The summed E-state index contributed by atoms with van der Waals surface area (Å²) < 4.78 is 0. The number of nitrogens with two attached hydrogens (primary N) is 2. The van der Waals surface area contributed by atoms with Crippen LogP contribution in [-0.2, 0) is 9.63 Å². The highest BCUT2D eigenvalue weighted by Crippen LogP contribution is 2.03. The normalized spacial score (nSPS) is 11.1. The largest absolute Gasteiger partial charge is 0.393 e. The Kier molecular flexibility index (Phi) is 5.43. The summed E-state index contributed by atoms with van der Waals surface area (Å²) in [5.41, 5.74) is 6.16. The predicted molar refractivity (Wildman–Crippen MR) is 57.5 cm³/mol. The molecule has 0 saturated carbocycles. The molecule has 0 unspecified atom stereocenters.